The van der Waals surface area contributed by atoms with Crippen molar-refractivity contribution < 1.29 is 14.6 Å². The molecule has 3 rings (SSSR count). The minimum Gasteiger partial charge on any atom is -0.490 e. The molecule has 0 saturated heterocycles. The van der Waals surface area contributed by atoms with E-state index in [9.17, 15) is 9.90 Å². The molecule has 1 heterocycles. The molecule has 0 aromatic heterocycles. The fourth-order valence-electron chi connectivity index (χ4n) is 5.26. The van der Waals surface area contributed by atoms with Crippen LogP contribution in [-0.2, 0) is 9.53 Å². The Morgan fingerprint density at radius 2 is 2.04 bits per heavy atom. The Labute approximate surface area is 146 Å². The molecular weight excluding hydrogens is 302 g/mol. The average molecular weight is 335 g/mol. The molecule has 4 nitrogen and oxygen atoms in total. The zero-order chi connectivity index (χ0) is 16.9. The highest BCUT2D eigenvalue weighted by molar-refractivity contribution is 5.79. The van der Waals surface area contributed by atoms with Crippen LogP contribution in [-0.4, -0.2) is 35.2 Å². The molecule has 4 heteroatoms. The Balaban J connectivity index is 1.47. The molecule has 136 valence electrons. The molecule has 0 radical (unpaired) electrons. The fourth-order valence-corrected chi connectivity index (χ4v) is 5.26. The minimum atomic E-state index is -0.415. The summed E-state index contributed by atoms with van der Waals surface area (Å²) in [5.41, 5.74) is 0. The molecule has 2 saturated carbocycles. The van der Waals surface area contributed by atoms with Crippen LogP contribution in [0.5, 0.6) is 0 Å². The summed E-state index contributed by atoms with van der Waals surface area (Å²) < 4.78 is 4.99. The van der Waals surface area contributed by atoms with Gasteiger partial charge < -0.3 is 14.7 Å². The number of fused-ring (bicyclic) bond motifs is 2. The largest absolute Gasteiger partial charge is 0.490 e. The zero-order valence-corrected chi connectivity index (χ0v) is 15.0. The molecule has 24 heavy (non-hydrogen) atoms. The van der Waals surface area contributed by atoms with Crippen molar-refractivity contribution in [1.82, 2.24) is 4.90 Å². The molecule has 2 aliphatic carbocycles. The van der Waals surface area contributed by atoms with Crippen molar-refractivity contribution in [2.45, 2.75) is 70.8 Å². The average Bonchev–Trinajstić information content (AvgIpc) is 2.80. The molecule has 2 bridgehead atoms. The van der Waals surface area contributed by atoms with Crippen molar-refractivity contribution >= 4 is 5.91 Å². The van der Waals surface area contributed by atoms with Gasteiger partial charge in [-0.15, -0.1) is 0 Å². The Morgan fingerprint density at radius 3 is 2.71 bits per heavy atom. The monoisotopic (exact) mass is 335 g/mol. The second-order valence-electron chi connectivity index (χ2n) is 8.13. The number of amides is 1. The fraction of sp³-hybridized carbons (Fsp3) is 0.850. The van der Waals surface area contributed by atoms with Gasteiger partial charge in [-0.2, -0.15) is 0 Å². The standard InChI is InChI=1S/C20H33NO3/c1-2-3-4-5-15-10-16-6-7-17(11-15)19(16)12-18(22)13-21-8-9-24-14-20(21)23/h8-9,15-19,22H,2-7,10-14H2,1H3/t15?,16-,17?,18+,19?/m0/s1. The first-order valence-corrected chi connectivity index (χ1v) is 9.93. The summed E-state index contributed by atoms with van der Waals surface area (Å²) in [7, 11) is 0. The third-order valence-corrected chi connectivity index (χ3v) is 6.42. The molecule has 0 aromatic rings. The number of ether oxygens (including phenoxy) is 1. The molecular formula is C20H33NO3. The van der Waals surface area contributed by atoms with E-state index in [2.05, 4.69) is 6.92 Å². The number of nitrogens with zero attached hydrogens (tertiary/aromatic N) is 1. The van der Waals surface area contributed by atoms with Crippen LogP contribution in [0.1, 0.15) is 64.7 Å². The van der Waals surface area contributed by atoms with Gasteiger partial charge in [-0.25, -0.2) is 0 Å². The summed E-state index contributed by atoms with van der Waals surface area (Å²) in [4.78, 5) is 13.4. The summed E-state index contributed by atoms with van der Waals surface area (Å²) >= 11 is 0. The second kappa shape index (κ2) is 8.37. The van der Waals surface area contributed by atoms with Gasteiger partial charge >= 0.3 is 0 Å². The summed E-state index contributed by atoms with van der Waals surface area (Å²) in [5.74, 6) is 3.15. The second-order valence-corrected chi connectivity index (χ2v) is 8.13. The van der Waals surface area contributed by atoms with Crippen molar-refractivity contribution in [2.24, 2.45) is 23.7 Å². The summed E-state index contributed by atoms with van der Waals surface area (Å²) in [6.07, 6.45) is 14.5. The van der Waals surface area contributed by atoms with Gasteiger partial charge in [-0.3, -0.25) is 4.79 Å². The number of aliphatic hydroxyl groups excluding tert-OH is 1. The van der Waals surface area contributed by atoms with E-state index >= 15 is 0 Å². The molecule has 0 aromatic carbocycles. The lowest BCUT2D eigenvalue weighted by atomic mass is 9.70. The smallest absolute Gasteiger partial charge is 0.264 e. The quantitative estimate of drug-likeness (QED) is 0.688. The van der Waals surface area contributed by atoms with Gasteiger partial charge in [0.2, 0.25) is 0 Å². The minimum absolute atomic E-state index is 0.0563. The van der Waals surface area contributed by atoms with Crippen LogP contribution in [0.4, 0.5) is 0 Å². The highest BCUT2D eigenvalue weighted by Gasteiger charge is 2.42. The summed E-state index contributed by atoms with van der Waals surface area (Å²) in [5, 5.41) is 10.5. The van der Waals surface area contributed by atoms with Gasteiger partial charge in [0, 0.05) is 6.20 Å². The first-order chi connectivity index (χ1) is 11.7. The van der Waals surface area contributed by atoms with E-state index in [4.69, 9.17) is 4.74 Å². The lowest BCUT2D eigenvalue weighted by Gasteiger charge is -2.37. The van der Waals surface area contributed by atoms with E-state index in [1.807, 2.05) is 0 Å². The maximum atomic E-state index is 11.8. The van der Waals surface area contributed by atoms with E-state index in [1.54, 1.807) is 17.4 Å². The summed E-state index contributed by atoms with van der Waals surface area (Å²) in [6, 6.07) is 0. The molecule has 2 fully saturated rings. The Morgan fingerprint density at radius 1 is 1.29 bits per heavy atom. The lowest BCUT2D eigenvalue weighted by molar-refractivity contribution is -0.135. The van der Waals surface area contributed by atoms with Crippen LogP contribution in [0.25, 0.3) is 0 Å². The van der Waals surface area contributed by atoms with E-state index in [1.165, 1.54) is 51.4 Å². The first kappa shape index (κ1) is 17.8. The third kappa shape index (κ3) is 4.33. The molecule has 1 aliphatic heterocycles. The summed E-state index contributed by atoms with van der Waals surface area (Å²) in [6.45, 7) is 2.78. The van der Waals surface area contributed by atoms with Crippen LogP contribution in [0.3, 0.4) is 0 Å². The van der Waals surface area contributed by atoms with E-state index in [-0.39, 0.29) is 12.5 Å². The van der Waals surface area contributed by atoms with Gasteiger partial charge in [0.05, 0.1) is 18.9 Å². The van der Waals surface area contributed by atoms with Crippen LogP contribution in [0.2, 0.25) is 0 Å². The van der Waals surface area contributed by atoms with Gasteiger partial charge in [-0.05, 0) is 55.8 Å². The van der Waals surface area contributed by atoms with Crippen molar-refractivity contribution in [1.29, 1.82) is 0 Å². The number of hydrogen-bond donors (Lipinski definition) is 1. The molecule has 5 atom stereocenters. The van der Waals surface area contributed by atoms with Crippen molar-refractivity contribution in [3.63, 3.8) is 0 Å². The number of aliphatic hydroxyl groups is 1. The number of β-amino-alcohol motifs (C(OH)–C–C–N with tert-alkyl or cyclic N) is 1. The van der Waals surface area contributed by atoms with Gasteiger partial charge in [0.15, 0.2) is 6.61 Å². The maximum absolute atomic E-state index is 11.8. The number of rotatable bonds is 8. The molecule has 3 unspecified atom stereocenters. The zero-order valence-electron chi connectivity index (χ0n) is 15.0. The van der Waals surface area contributed by atoms with Crippen molar-refractivity contribution in [3.05, 3.63) is 12.5 Å². The topological polar surface area (TPSA) is 49.8 Å². The predicted octanol–water partition coefficient (Wildman–Crippen LogP) is 3.70. The SMILES string of the molecule is CCCCCC1CC2CC[C@@H](C1)C2C[C@@H](O)CN1C=COCC1=O. The maximum Gasteiger partial charge on any atom is 0.264 e. The number of unbranched alkanes of at least 4 members (excludes halogenated alkanes) is 2. The highest BCUT2D eigenvalue weighted by atomic mass is 16.5. The van der Waals surface area contributed by atoms with Crippen LogP contribution in [0.15, 0.2) is 12.5 Å². The molecule has 1 amide bonds. The Bertz CT molecular complexity index is 436. The Hall–Kier alpha value is -1.03. The predicted molar refractivity (Wildman–Crippen MR) is 94.0 cm³/mol. The molecule has 3 aliphatic rings. The Kier molecular flexibility index (Phi) is 6.20. The van der Waals surface area contributed by atoms with Crippen LogP contribution in [0, 0.1) is 23.7 Å². The van der Waals surface area contributed by atoms with Gasteiger partial charge in [-0.1, -0.05) is 32.6 Å². The van der Waals surface area contributed by atoms with E-state index in [0.717, 1.165) is 24.2 Å². The van der Waals surface area contributed by atoms with Crippen molar-refractivity contribution in [3.8, 4) is 0 Å². The number of carbonyl (C=O) groups is 1. The molecule has 1 N–H and O–H groups in total. The number of carbonyl (C=O) groups excluding carboxylic acids is 1. The van der Waals surface area contributed by atoms with Gasteiger partial charge in [0.25, 0.3) is 5.91 Å². The normalized spacial score (nSPS) is 33.6. The molecule has 0 spiro atoms. The van der Waals surface area contributed by atoms with Crippen LogP contribution < -0.4 is 0 Å². The lowest BCUT2D eigenvalue weighted by Crippen LogP contribution is -2.39. The van der Waals surface area contributed by atoms with Gasteiger partial charge in [0.1, 0.15) is 0 Å². The van der Waals surface area contributed by atoms with E-state index < -0.39 is 6.10 Å². The highest BCUT2D eigenvalue weighted by Crippen LogP contribution is 2.51. The third-order valence-electron chi connectivity index (χ3n) is 6.42. The van der Waals surface area contributed by atoms with Crippen LogP contribution >= 0.6 is 0 Å². The number of hydrogen-bond acceptors (Lipinski definition) is 3. The first-order valence-electron chi connectivity index (χ1n) is 9.93. The van der Waals surface area contributed by atoms with Crippen molar-refractivity contribution in [2.75, 3.05) is 13.2 Å². The van der Waals surface area contributed by atoms with E-state index in [0.29, 0.717) is 12.5 Å².